The highest BCUT2D eigenvalue weighted by Gasteiger charge is 2.26. The van der Waals surface area contributed by atoms with Crippen LogP contribution >= 0.6 is 0 Å². The number of nitrogens with one attached hydrogen (secondary N) is 2. The average Bonchev–Trinajstić information content (AvgIpc) is 2.76. The number of fused-ring (bicyclic) bond motifs is 1. The van der Waals surface area contributed by atoms with Gasteiger partial charge in [-0.05, 0) is 37.1 Å². The minimum absolute atomic E-state index is 0.0124. The van der Waals surface area contributed by atoms with Crippen LogP contribution in [0.2, 0.25) is 0 Å². The second-order valence-corrected chi connectivity index (χ2v) is 7.92. The Kier molecular flexibility index (Phi) is 5.77. The molecule has 1 saturated heterocycles. The van der Waals surface area contributed by atoms with Crippen molar-refractivity contribution >= 4 is 28.4 Å². The lowest BCUT2D eigenvalue weighted by Crippen LogP contribution is -3.15. The number of anilines is 1. The van der Waals surface area contributed by atoms with Gasteiger partial charge in [0.2, 0.25) is 0 Å². The predicted octanol–water partition coefficient (Wildman–Crippen LogP) is 1.83. The molecule has 0 bridgehead atoms. The van der Waals surface area contributed by atoms with Gasteiger partial charge in [0, 0.05) is 11.1 Å². The second-order valence-electron chi connectivity index (χ2n) is 7.92. The number of aromatic nitrogens is 1. The van der Waals surface area contributed by atoms with Crippen molar-refractivity contribution in [1.29, 1.82) is 0 Å². The first kappa shape index (κ1) is 20.0. The molecule has 0 radical (unpaired) electrons. The van der Waals surface area contributed by atoms with E-state index in [4.69, 9.17) is 0 Å². The van der Waals surface area contributed by atoms with Crippen LogP contribution in [0, 0.1) is 13.8 Å². The fourth-order valence-electron chi connectivity index (χ4n) is 3.97. The molecule has 30 heavy (non-hydrogen) atoms. The van der Waals surface area contributed by atoms with Crippen LogP contribution < -0.4 is 10.2 Å². The van der Waals surface area contributed by atoms with Crippen LogP contribution in [-0.4, -0.2) is 54.4 Å². The summed E-state index contributed by atoms with van der Waals surface area (Å²) in [6.07, 6.45) is 0. The molecule has 1 fully saturated rings. The summed E-state index contributed by atoms with van der Waals surface area (Å²) >= 11 is 0. The van der Waals surface area contributed by atoms with Crippen molar-refractivity contribution in [3.05, 3.63) is 71.4 Å². The number of piperazine rings is 1. The summed E-state index contributed by atoms with van der Waals surface area (Å²) in [5.41, 5.74) is 4.34. The maximum absolute atomic E-state index is 12.9. The van der Waals surface area contributed by atoms with Crippen molar-refractivity contribution in [2.24, 2.45) is 0 Å². The summed E-state index contributed by atoms with van der Waals surface area (Å²) in [6, 6.07) is 17.5. The zero-order valence-electron chi connectivity index (χ0n) is 17.4. The summed E-state index contributed by atoms with van der Waals surface area (Å²) in [5, 5.41) is 4.08. The van der Waals surface area contributed by atoms with Gasteiger partial charge in [0.1, 0.15) is 5.69 Å². The van der Waals surface area contributed by atoms with Crippen LogP contribution in [0.25, 0.3) is 10.9 Å². The first-order chi connectivity index (χ1) is 14.5. The lowest BCUT2D eigenvalue weighted by molar-refractivity contribution is -0.895. The van der Waals surface area contributed by atoms with E-state index in [9.17, 15) is 9.59 Å². The molecule has 1 aliphatic heterocycles. The minimum Gasteiger partial charge on any atom is -0.326 e. The van der Waals surface area contributed by atoms with Crippen LogP contribution in [-0.2, 0) is 4.79 Å². The highest BCUT2D eigenvalue weighted by atomic mass is 16.2. The fourth-order valence-corrected chi connectivity index (χ4v) is 3.97. The van der Waals surface area contributed by atoms with Crippen LogP contribution in [0.1, 0.15) is 21.6 Å². The fraction of sp³-hybridized carbons (Fsp3) is 0.292. The third kappa shape index (κ3) is 4.33. The van der Waals surface area contributed by atoms with Crippen molar-refractivity contribution in [1.82, 2.24) is 9.88 Å². The Balaban J connectivity index is 1.33. The van der Waals surface area contributed by atoms with E-state index in [-0.39, 0.29) is 11.8 Å². The zero-order chi connectivity index (χ0) is 21.1. The number of rotatable bonds is 4. The van der Waals surface area contributed by atoms with Crippen LogP contribution in [0.3, 0.4) is 0 Å². The molecular formula is C24H27N4O2+. The number of para-hydroxylation sites is 2. The van der Waals surface area contributed by atoms with Gasteiger partial charge in [-0.3, -0.25) is 9.59 Å². The average molecular weight is 404 g/mol. The number of aryl methyl sites for hydroxylation is 2. The van der Waals surface area contributed by atoms with Gasteiger partial charge in [0.15, 0.2) is 6.54 Å². The molecule has 3 aromatic rings. The largest absolute Gasteiger partial charge is 0.326 e. The lowest BCUT2D eigenvalue weighted by Gasteiger charge is -2.31. The molecule has 1 aromatic heterocycles. The van der Waals surface area contributed by atoms with E-state index < -0.39 is 0 Å². The van der Waals surface area contributed by atoms with E-state index in [1.54, 1.807) is 6.07 Å². The van der Waals surface area contributed by atoms with Crippen molar-refractivity contribution in [2.75, 3.05) is 38.0 Å². The summed E-state index contributed by atoms with van der Waals surface area (Å²) in [7, 11) is 0. The summed E-state index contributed by atoms with van der Waals surface area (Å²) in [4.78, 5) is 32.9. The van der Waals surface area contributed by atoms with E-state index in [2.05, 4.69) is 10.3 Å². The maximum atomic E-state index is 12.9. The van der Waals surface area contributed by atoms with E-state index >= 15 is 0 Å². The van der Waals surface area contributed by atoms with Gasteiger partial charge in [-0.15, -0.1) is 0 Å². The number of nitrogens with zero attached hydrogens (tertiary/aromatic N) is 2. The molecule has 2 N–H and O–H groups in total. The maximum Gasteiger partial charge on any atom is 0.279 e. The number of quaternary nitrogens is 1. The van der Waals surface area contributed by atoms with Gasteiger partial charge in [-0.2, -0.15) is 0 Å². The topological polar surface area (TPSA) is 66.7 Å². The van der Waals surface area contributed by atoms with Crippen molar-refractivity contribution < 1.29 is 14.5 Å². The van der Waals surface area contributed by atoms with Gasteiger partial charge >= 0.3 is 0 Å². The van der Waals surface area contributed by atoms with Gasteiger partial charge in [0.05, 0.1) is 31.7 Å². The van der Waals surface area contributed by atoms with Crippen LogP contribution in [0.5, 0.6) is 0 Å². The van der Waals surface area contributed by atoms with Gasteiger partial charge in [-0.1, -0.05) is 42.5 Å². The zero-order valence-corrected chi connectivity index (χ0v) is 17.4. The van der Waals surface area contributed by atoms with Crippen LogP contribution in [0.15, 0.2) is 54.6 Å². The molecule has 0 aliphatic carbocycles. The smallest absolute Gasteiger partial charge is 0.279 e. The normalized spacial score (nSPS) is 14.7. The first-order valence-electron chi connectivity index (χ1n) is 10.4. The predicted molar refractivity (Wildman–Crippen MR) is 118 cm³/mol. The third-order valence-electron chi connectivity index (χ3n) is 5.73. The van der Waals surface area contributed by atoms with Crippen LogP contribution in [0.4, 0.5) is 5.69 Å². The van der Waals surface area contributed by atoms with Gasteiger partial charge in [0.25, 0.3) is 11.8 Å². The SMILES string of the molecule is Cc1cccc(C)c1NC(=O)C[NH+]1CCN(C(=O)c2ccc3ccccc3n2)CC1. The molecule has 0 atom stereocenters. The number of hydrogen-bond donors (Lipinski definition) is 2. The molecule has 2 amide bonds. The molecule has 1 aliphatic rings. The Morgan fingerprint density at radius 1 is 0.967 bits per heavy atom. The van der Waals surface area contributed by atoms with Crippen molar-refractivity contribution in [3.63, 3.8) is 0 Å². The molecule has 2 heterocycles. The van der Waals surface area contributed by atoms with E-state index in [1.165, 1.54) is 4.90 Å². The Labute approximate surface area is 176 Å². The summed E-state index contributed by atoms with van der Waals surface area (Å²) in [5.74, 6) is -0.0295. The molecule has 6 heteroatoms. The van der Waals surface area contributed by atoms with E-state index in [0.717, 1.165) is 40.8 Å². The number of carbonyl (C=O) groups is 2. The molecule has 154 valence electrons. The van der Waals surface area contributed by atoms with Crippen molar-refractivity contribution in [3.8, 4) is 0 Å². The summed E-state index contributed by atoms with van der Waals surface area (Å²) in [6.45, 7) is 7.16. The van der Waals surface area contributed by atoms with E-state index in [1.807, 2.05) is 67.3 Å². The number of benzene rings is 2. The standard InChI is InChI=1S/C24H26N4O2/c1-17-6-5-7-18(2)23(17)26-22(29)16-27-12-14-28(15-13-27)24(30)21-11-10-19-8-3-4-9-20(19)25-21/h3-11H,12-16H2,1-2H3,(H,26,29)/p+1. The number of hydrogen-bond acceptors (Lipinski definition) is 3. The second kappa shape index (κ2) is 8.63. The molecular weight excluding hydrogens is 376 g/mol. The molecule has 0 unspecified atom stereocenters. The molecule has 0 saturated carbocycles. The summed E-state index contributed by atoms with van der Waals surface area (Å²) < 4.78 is 0. The first-order valence-corrected chi connectivity index (χ1v) is 10.4. The molecule has 6 nitrogen and oxygen atoms in total. The van der Waals surface area contributed by atoms with Gasteiger partial charge < -0.3 is 15.1 Å². The lowest BCUT2D eigenvalue weighted by atomic mass is 10.1. The third-order valence-corrected chi connectivity index (χ3v) is 5.73. The Hall–Kier alpha value is -3.25. The monoisotopic (exact) mass is 403 g/mol. The molecule has 2 aromatic carbocycles. The number of pyridine rings is 1. The number of amides is 2. The van der Waals surface area contributed by atoms with Gasteiger partial charge in [-0.25, -0.2) is 4.98 Å². The highest BCUT2D eigenvalue weighted by Crippen LogP contribution is 2.19. The molecule has 4 rings (SSSR count). The minimum atomic E-state index is -0.0419. The van der Waals surface area contributed by atoms with Crippen molar-refractivity contribution in [2.45, 2.75) is 13.8 Å². The highest BCUT2D eigenvalue weighted by molar-refractivity contribution is 5.95. The Bertz CT molecular complexity index is 1070. The molecule has 0 spiro atoms. The van der Waals surface area contributed by atoms with E-state index in [0.29, 0.717) is 25.3 Å². The quantitative estimate of drug-likeness (QED) is 0.699. The number of carbonyl (C=O) groups excluding carboxylic acids is 2. The Morgan fingerprint density at radius 3 is 2.40 bits per heavy atom. The Morgan fingerprint density at radius 2 is 1.67 bits per heavy atom.